The minimum Gasteiger partial charge on any atom is -1.00 e. The zero-order valence-corrected chi connectivity index (χ0v) is 12.4. The molecule has 1 aromatic carbocycles. The normalized spacial score (nSPS) is 9.70. The smallest absolute Gasteiger partial charge is 0.254 e. The molecule has 2 N–H and O–H groups in total. The molecular formula is C14H14Cl2N2O2. The number of hydrogen-bond donors (Lipinski definition) is 1. The number of aromatic nitrogens is 1. The lowest BCUT2D eigenvalue weighted by molar-refractivity contribution is -0.688. The Kier molecular flexibility index (Phi) is 5.80. The molecule has 0 spiro atoms. The van der Waals surface area contributed by atoms with Crippen LogP contribution in [0.3, 0.4) is 0 Å². The lowest BCUT2D eigenvalue weighted by atomic mass is 10.2. The van der Waals surface area contributed by atoms with Crippen LogP contribution >= 0.6 is 11.6 Å². The first-order chi connectivity index (χ1) is 9.10. The summed E-state index contributed by atoms with van der Waals surface area (Å²) in [4.78, 5) is 11.1. The van der Waals surface area contributed by atoms with Crippen molar-refractivity contribution in [1.82, 2.24) is 0 Å². The molecule has 0 saturated carbocycles. The van der Waals surface area contributed by atoms with E-state index in [-0.39, 0.29) is 12.4 Å². The summed E-state index contributed by atoms with van der Waals surface area (Å²) in [5.41, 5.74) is 6.65. The van der Waals surface area contributed by atoms with Crippen LogP contribution in [0.5, 0.6) is 5.75 Å². The Hall–Kier alpha value is -1.78. The van der Waals surface area contributed by atoms with Crippen LogP contribution < -0.4 is 27.4 Å². The lowest BCUT2D eigenvalue weighted by Gasteiger charge is -2.06. The number of carbonyl (C=O) groups excluding carboxylic acids is 1. The predicted molar refractivity (Wildman–Crippen MR) is 72.3 cm³/mol. The molecule has 0 aliphatic rings. The Morgan fingerprint density at radius 1 is 1.40 bits per heavy atom. The van der Waals surface area contributed by atoms with E-state index in [4.69, 9.17) is 22.1 Å². The molecule has 0 bridgehead atoms. The number of carbonyl (C=O) groups is 1. The number of primary amides is 1. The van der Waals surface area contributed by atoms with Crippen LogP contribution in [0.1, 0.15) is 15.9 Å². The van der Waals surface area contributed by atoms with Crippen LogP contribution in [0.25, 0.3) is 0 Å². The molecule has 0 aliphatic carbocycles. The highest BCUT2D eigenvalue weighted by atomic mass is 35.5. The third-order valence-corrected chi connectivity index (χ3v) is 2.97. The number of benzene rings is 1. The Morgan fingerprint density at radius 2 is 2.15 bits per heavy atom. The lowest BCUT2D eigenvalue weighted by Crippen LogP contribution is -3.00. The van der Waals surface area contributed by atoms with E-state index in [9.17, 15) is 4.79 Å². The molecule has 0 fully saturated rings. The van der Waals surface area contributed by atoms with Crippen molar-refractivity contribution in [3.63, 3.8) is 0 Å². The SMILES string of the molecule is COc1ccc(Cl)cc1C[n+]1cccc(C(N)=O)c1.[Cl-]. The predicted octanol–water partition coefficient (Wildman–Crippen LogP) is -1.21. The maximum atomic E-state index is 11.1. The molecule has 0 aliphatic heterocycles. The van der Waals surface area contributed by atoms with E-state index in [1.807, 2.05) is 22.9 Å². The zero-order valence-electron chi connectivity index (χ0n) is 10.8. The fraction of sp³-hybridized carbons (Fsp3) is 0.143. The van der Waals surface area contributed by atoms with E-state index in [0.717, 1.165) is 11.3 Å². The zero-order chi connectivity index (χ0) is 13.8. The van der Waals surface area contributed by atoms with Crippen molar-refractivity contribution in [3.05, 3.63) is 58.9 Å². The summed E-state index contributed by atoms with van der Waals surface area (Å²) in [6.45, 7) is 0.546. The Bertz CT molecular complexity index is 618. The largest absolute Gasteiger partial charge is 1.00 e. The van der Waals surface area contributed by atoms with Gasteiger partial charge in [-0.05, 0) is 24.3 Å². The first-order valence-corrected chi connectivity index (χ1v) is 6.09. The molecule has 2 rings (SSSR count). The molecule has 6 heteroatoms. The van der Waals surface area contributed by atoms with E-state index in [1.165, 1.54) is 0 Å². The van der Waals surface area contributed by atoms with Crippen molar-refractivity contribution in [2.45, 2.75) is 6.54 Å². The summed E-state index contributed by atoms with van der Waals surface area (Å²) in [6, 6.07) is 8.88. The van der Waals surface area contributed by atoms with Gasteiger partial charge in [0, 0.05) is 11.1 Å². The third kappa shape index (κ3) is 3.85. The molecule has 106 valence electrons. The molecule has 0 unspecified atom stereocenters. The van der Waals surface area contributed by atoms with Gasteiger partial charge >= 0.3 is 0 Å². The highest BCUT2D eigenvalue weighted by Crippen LogP contribution is 2.22. The van der Waals surface area contributed by atoms with E-state index in [2.05, 4.69) is 0 Å². The first-order valence-electron chi connectivity index (χ1n) is 5.71. The Balaban J connectivity index is 0.00000200. The average Bonchev–Trinajstić information content (AvgIpc) is 2.39. The van der Waals surface area contributed by atoms with Gasteiger partial charge in [0.25, 0.3) is 5.91 Å². The molecule has 20 heavy (non-hydrogen) atoms. The molecular weight excluding hydrogens is 299 g/mol. The summed E-state index contributed by atoms with van der Waals surface area (Å²) in [7, 11) is 1.61. The second-order valence-electron chi connectivity index (χ2n) is 4.09. The average molecular weight is 313 g/mol. The van der Waals surface area contributed by atoms with Crippen molar-refractivity contribution in [3.8, 4) is 5.75 Å². The van der Waals surface area contributed by atoms with Gasteiger partial charge in [0.15, 0.2) is 18.9 Å². The summed E-state index contributed by atoms with van der Waals surface area (Å²) >= 11 is 5.98. The van der Waals surface area contributed by atoms with Crippen molar-refractivity contribution in [2.75, 3.05) is 7.11 Å². The van der Waals surface area contributed by atoms with Gasteiger partial charge in [-0.3, -0.25) is 4.79 Å². The van der Waals surface area contributed by atoms with Gasteiger partial charge in [0.1, 0.15) is 11.3 Å². The number of pyridine rings is 1. The van der Waals surface area contributed by atoms with Crippen molar-refractivity contribution < 1.29 is 26.5 Å². The van der Waals surface area contributed by atoms with E-state index < -0.39 is 5.91 Å². The van der Waals surface area contributed by atoms with Crippen LogP contribution in [0.4, 0.5) is 0 Å². The highest BCUT2D eigenvalue weighted by molar-refractivity contribution is 6.30. The molecule has 0 radical (unpaired) electrons. The quantitative estimate of drug-likeness (QED) is 0.720. The van der Waals surface area contributed by atoms with Gasteiger partial charge in [-0.2, -0.15) is 4.57 Å². The summed E-state index contributed by atoms with van der Waals surface area (Å²) in [5.74, 6) is 0.300. The maximum Gasteiger partial charge on any atom is 0.254 e. The number of rotatable bonds is 4. The number of nitrogens with two attached hydrogens (primary N) is 1. The van der Waals surface area contributed by atoms with Crippen molar-refractivity contribution in [1.29, 1.82) is 0 Å². The molecule has 4 nitrogen and oxygen atoms in total. The van der Waals surface area contributed by atoms with E-state index in [0.29, 0.717) is 17.1 Å². The van der Waals surface area contributed by atoms with Crippen LogP contribution in [0.15, 0.2) is 42.7 Å². The van der Waals surface area contributed by atoms with Gasteiger partial charge in [-0.1, -0.05) is 11.6 Å². The number of hydrogen-bond acceptors (Lipinski definition) is 2. The minimum absolute atomic E-state index is 0. The standard InChI is InChI=1S/C14H13ClN2O2.ClH/c1-19-13-5-4-12(15)7-11(13)9-17-6-2-3-10(8-17)14(16)18;/h2-8H,9H2,1H3,(H-,16,18);1H. The molecule has 1 aromatic heterocycles. The summed E-state index contributed by atoms with van der Waals surface area (Å²) in [6.07, 6.45) is 3.55. The van der Waals surface area contributed by atoms with Crippen molar-refractivity contribution >= 4 is 17.5 Å². The van der Waals surface area contributed by atoms with Crippen LogP contribution in [0, 0.1) is 0 Å². The number of nitrogens with zero attached hydrogens (tertiary/aromatic N) is 1. The highest BCUT2D eigenvalue weighted by Gasteiger charge is 2.11. The van der Waals surface area contributed by atoms with Gasteiger partial charge in [-0.25, -0.2) is 0 Å². The summed E-state index contributed by atoms with van der Waals surface area (Å²) < 4.78 is 7.14. The molecule has 0 saturated heterocycles. The fourth-order valence-electron chi connectivity index (χ4n) is 1.83. The minimum atomic E-state index is -0.451. The molecule has 1 amide bonds. The Labute approximate surface area is 128 Å². The Morgan fingerprint density at radius 3 is 2.80 bits per heavy atom. The second-order valence-corrected chi connectivity index (χ2v) is 4.52. The second kappa shape index (κ2) is 7.12. The van der Waals surface area contributed by atoms with Crippen molar-refractivity contribution in [2.24, 2.45) is 5.73 Å². The van der Waals surface area contributed by atoms with E-state index in [1.54, 1.807) is 31.5 Å². The van der Waals surface area contributed by atoms with Crippen LogP contribution in [0.2, 0.25) is 5.02 Å². The van der Waals surface area contributed by atoms with Gasteiger partial charge in [-0.15, -0.1) is 0 Å². The number of ether oxygens (including phenoxy) is 1. The fourth-order valence-corrected chi connectivity index (χ4v) is 2.03. The number of amides is 1. The van der Waals surface area contributed by atoms with Crippen LogP contribution in [-0.2, 0) is 6.54 Å². The number of halogens is 2. The maximum absolute atomic E-state index is 11.1. The topological polar surface area (TPSA) is 56.2 Å². The molecule has 1 heterocycles. The van der Waals surface area contributed by atoms with E-state index >= 15 is 0 Å². The third-order valence-electron chi connectivity index (χ3n) is 2.74. The van der Waals surface area contributed by atoms with Crippen LogP contribution in [-0.4, -0.2) is 13.0 Å². The molecule has 2 aromatic rings. The first kappa shape index (κ1) is 16.3. The monoisotopic (exact) mass is 312 g/mol. The van der Waals surface area contributed by atoms with Gasteiger partial charge < -0.3 is 22.9 Å². The summed E-state index contributed by atoms with van der Waals surface area (Å²) in [5, 5.41) is 0.641. The van der Waals surface area contributed by atoms with Gasteiger partial charge in [0.2, 0.25) is 0 Å². The molecule has 0 atom stereocenters. The van der Waals surface area contributed by atoms with Gasteiger partial charge in [0.05, 0.1) is 12.7 Å². The number of methoxy groups -OCH3 is 1.